The van der Waals surface area contributed by atoms with E-state index in [0.29, 0.717) is 0 Å². The largest absolute Gasteiger partial charge is 0.466 e. The number of rotatable bonds is 4. The second-order valence-corrected chi connectivity index (χ2v) is 3.74. The summed E-state index contributed by atoms with van der Waals surface area (Å²) < 4.78 is 8.88. The van der Waals surface area contributed by atoms with Gasteiger partial charge in [-0.05, 0) is 13.1 Å². The monoisotopic (exact) mass is 231 g/mol. The fraction of sp³-hybridized carbons (Fsp3) is 1.00. The van der Waals surface area contributed by atoms with Crippen molar-refractivity contribution in [2.45, 2.75) is 13.8 Å². The van der Waals surface area contributed by atoms with E-state index in [9.17, 15) is 0 Å². The quantitative estimate of drug-likeness (QED) is 0.414. The maximum Gasteiger partial charge on any atom is 0.466 e. The molecule has 0 saturated heterocycles. The molecule has 0 bridgehead atoms. The van der Waals surface area contributed by atoms with Gasteiger partial charge in [0.2, 0.25) is 0 Å². The Balaban J connectivity index is 0. The van der Waals surface area contributed by atoms with E-state index in [1.165, 1.54) is 0 Å². The van der Waals surface area contributed by atoms with Crippen LogP contribution in [-0.4, -0.2) is 45.0 Å². The summed E-state index contributed by atoms with van der Waals surface area (Å²) >= 11 is 4.13. The number of nitrogens with zero attached hydrogens (tertiary/aromatic N) is 1. The third-order valence-electron chi connectivity index (χ3n) is 1.31. The van der Waals surface area contributed by atoms with Crippen molar-refractivity contribution in [1.29, 1.82) is 0 Å². The zero-order valence-corrected chi connectivity index (χ0v) is 9.71. The van der Waals surface area contributed by atoms with Crippen LogP contribution in [0.25, 0.3) is 0 Å². The molecule has 0 heterocycles. The standard InChI is InChI=1S/C6H15NS.H3O4P/c1-3-7(4-2)5-6-8;1-5(2,3)4/h8H,3-6H2,1-2H3;(H3,1,2,3,4). The minimum absolute atomic E-state index is 0.974. The van der Waals surface area contributed by atoms with Crippen LogP contribution in [0.1, 0.15) is 13.8 Å². The van der Waals surface area contributed by atoms with E-state index < -0.39 is 7.82 Å². The fourth-order valence-corrected chi connectivity index (χ4v) is 0.964. The Morgan fingerprint density at radius 1 is 1.23 bits per heavy atom. The predicted octanol–water partition coefficient (Wildman–Crippen LogP) is 0.329. The van der Waals surface area contributed by atoms with Crippen LogP contribution in [0, 0.1) is 0 Å². The summed E-state index contributed by atoms with van der Waals surface area (Å²) in [7, 11) is -4.64. The Morgan fingerprint density at radius 2 is 1.54 bits per heavy atom. The highest BCUT2D eigenvalue weighted by atomic mass is 32.1. The first-order chi connectivity index (χ1) is 5.85. The molecule has 0 rings (SSSR count). The average molecular weight is 231 g/mol. The van der Waals surface area contributed by atoms with Crippen LogP contribution >= 0.6 is 20.5 Å². The zero-order chi connectivity index (χ0) is 10.9. The van der Waals surface area contributed by atoms with Gasteiger partial charge in [0.05, 0.1) is 0 Å². The first-order valence-corrected chi connectivity index (χ1v) is 6.16. The predicted molar refractivity (Wildman–Crippen MR) is 55.9 cm³/mol. The van der Waals surface area contributed by atoms with Crippen LogP contribution in [0.4, 0.5) is 0 Å². The van der Waals surface area contributed by atoms with Crippen LogP contribution in [0.5, 0.6) is 0 Å². The molecule has 0 aliphatic rings. The third kappa shape index (κ3) is 24.5. The summed E-state index contributed by atoms with van der Waals surface area (Å²) in [6.07, 6.45) is 0. The molecule has 0 aromatic rings. The highest BCUT2D eigenvalue weighted by molar-refractivity contribution is 7.80. The van der Waals surface area contributed by atoms with Gasteiger partial charge in [0.1, 0.15) is 0 Å². The van der Waals surface area contributed by atoms with Gasteiger partial charge in [-0.15, -0.1) is 0 Å². The first-order valence-electron chi connectivity index (χ1n) is 3.96. The second kappa shape index (κ2) is 8.99. The van der Waals surface area contributed by atoms with E-state index in [1.54, 1.807) is 0 Å². The van der Waals surface area contributed by atoms with Crippen molar-refractivity contribution >= 4 is 20.5 Å². The van der Waals surface area contributed by atoms with Gasteiger partial charge < -0.3 is 19.6 Å². The zero-order valence-electron chi connectivity index (χ0n) is 7.92. The summed E-state index contributed by atoms with van der Waals surface area (Å²) in [5.74, 6) is 0.974. The maximum atomic E-state index is 8.88. The van der Waals surface area contributed by atoms with E-state index in [2.05, 4.69) is 31.4 Å². The van der Waals surface area contributed by atoms with Gasteiger partial charge in [-0.2, -0.15) is 12.6 Å². The van der Waals surface area contributed by atoms with Crippen LogP contribution in [-0.2, 0) is 4.57 Å². The molecule has 13 heavy (non-hydrogen) atoms. The van der Waals surface area contributed by atoms with Crippen LogP contribution < -0.4 is 0 Å². The minimum atomic E-state index is -4.64. The SMILES string of the molecule is CCN(CC)CCS.O=P(O)(O)O. The maximum absolute atomic E-state index is 8.88. The lowest BCUT2D eigenvalue weighted by Crippen LogP contribution is -2.24. The van der Waals surface area contributed by atoms with Crippen molar-refractivity contribution in [2.24, 2.45) is 0 Å². The molecule has 0 aromatic heterocycles. The van der Waals surface area contributed by atoms with E-state index >= 15 is 0 Å². The summed E-state index contributed by atoms with van der Waals surface area (Å²) in [5.41, 5.74) is 0. The molecule has 0 atom stereocenters. The molecule has 5 nitrogen and oxygen atoms in total. The van der Waals surface area contributed by atoms with E-state index in [4.69, 9.17) is 19.2 Å². The molecule has 0 aromatic carbocycles. The van der Waals surface area contributed by atoms with Crippen molar-refractivity contribution in [3.8, 4) is 0 Å². The van der Waals surface area contributed by atoms with Crippen LogP contribution in [0.15, 0.2) is 0 Å². The Labute approximate surface area is 84.4 Å². The first kappa shape index (κ1) is 15.9. The van der Waals surface area contributed by atoms with E-state index in [0.717, 1.165) is 25.4 Å². The average Bonchev–Trinajstić information content (AvgIpc) is 1.97. The van der Waals surface area contributed by atoms with Crippen LogP contribution in [0.2, 0.25) is 0 Å². The van der Waals surface area contributed by atoms with Gasteiger partial charge in [0.25, 0.3) is 0 Å². The molecule has 82 valence electrons. The van der Waals surface area contributed by atoms with Crippen LogP contribution in [0.3, 0.4) is 0 Å². The molecule has 0 fully saturated rings. The molecule has 0 amide bonds. The summed E-state index contributed by atoms with van der Waals surface area (Å²) in [6.45, 7) is 7.77. The normalized spacial score (nSPS) is 11.0. The van der Waals surface area contributed by atoms with Gasteiger partial charge in [-0.3, -0.25) is 0 Å². The molecule has 0 unspecified atom stereocenters. The molecule has 0 aliphatic heterocycles. The van der Waals surface area contributed by atoms with E-state index in [-0.39, 0.29) is 0 Å². The highest BCUT2D eigenvalue weighted by Crippen LogP contribution is 2.25. The lowest BCUT2D eigenvalue weighted by molar-refractivity contribution is 0.275. The third-order valence-corrected chi connectivity index (χ3v) is 1.51. The molecule has 0 saturated carbocycles. The molecule has 0 spiro atoms. The highest BCUT2D eigenvalue weighted by Gasteiger charge is 2.00. The summed E-state index contributed by atoms with van der Waals surface area (Å²) in [5, 5.41) is 0. The van der Waals surface area contributed by atoms with Gasteiger partial charge in [-0.1, -0.05) is 13.8 Å². The van der Waals surface area contributed by atoms with Crippen molar-refractivity contribution in [3.05, 3.63) is 0 Å². The smallest absolute Gasteiger partial charge is 0.303 e. The van der Waals surface area contributed by atoms with Gasteiger partial charge in [0.15, 0.2) is 0 Å². The number of phosphoric acid groups is 1. The summed E-state index contributed by atoms with van der Waals surface area (Å²) in [4.78, 5) is 23.9. The topological polar surface area (TPSA) is 81.0 Å². The Hall–Kier alpha value is 0.420. The lowest BCUT2D eigenvalue weighted by Gasteiger charge is -2.15. The van der Waals surface area contributed by atoms with Crippen molar-refractivity contribution in [3.63, 3.8) is 0 Å². The Bertz CT molecular complexity index is 139. The Morgan fingerprint density at radius 3 is 1.62 bits per heavy atom. The molecule has 0 aliphatic carbocycles. The van der Waals surface area contributed by atoms with Crippen molar-refractivity contribution in [2.75, 3.05) is 25.4 Å². The Kier molecular flexibility index (Phi) is 11.0. The van der Waals surface area contributed by atoms with Crippen molar-refractivity contribution < 1.29 is 19.2 Å². The fourth-order valence-electron chi connectivity index (χ4n) is 0.681. The lowest BCUT2D eigenvalue weighted by atomic mass is 10.5. The number of hydrogen-bond acceptors (Lipinski definition) is 3. The molecule has 3 N–H and O–H groups in total. The number of thiol groups is 1. The van der Waals surface area contributed by atoms with Crippen molar-refractivity contribution in [1.82, 2.24) is 4.90 Å². The minimum Gasteiger partial charge on any atom is -0.303 e. The molecule has 0 radical (unpaired) electrons. The summed E-state index contributed by atoms with van der Waals surface area (Å²) in [6, 6.07) is 0. The van der Waals surface area contributed by atoms with Gasteiger partial charge >= 0.3 is 7.82 Å². The second-order valence-electron chi connectivity index (χ2n) is 2.26. The van der Waals surface area contributed by atoms with Gasteiger partial charge in [0, 0.05) is 12.3 Å². The molecule has 7 heteroatoms. The number of hydrogen-bond donors (Lipinski definition) is 4. The van der Waals surface area contributed by atoms with Gasteiger partial charge in [-0.25, -0.2) is 4.57 Å². The van der Waals surface area contributed by atoms with E-state index in [1.807, 2.05) is 0 Å². The molecular weight excluding hydrogens is 213 g/mol. The molecular formula is C6H18NO4PS.